The van der Waals surface area contributed by atoms with Gasteiger partial charge in [-0.1, -0.05) is 19.4 Å². The molecule has 0 spiro atoms. The number of carbonyl (C=O) groups excluding carboxylic acids is 1. The maximum absolute atomic E-state index is 12.4. The molecule has 0 N–H and O–H groups in total. The largest absolute Gasteiger partial charge is 0.492 e. The van der Waals surface area contributed by atoms with Crippen LogP contribution in [0.15, 0.2) is 48.0 Å². The monoisotopic (exact) mass is 564 g/mol. The molecule has 0 radical (unpaired) electrons. The predicted molar refractivity (Wildman–Crippen MR) is 159 cm³/mol. The molecule has 1 aliphatic heterocycles. The highest BCUT2D eigenvalue weighted by molar-refractivity contribution is 7.17. The zero-order chi connectivity index (χ0) is 28.3. The normalized spacial score (nSPS) is 14.6. The van der Waals surface area contributed by atoms with Crippen molar-refractivity contribution in [2.45, 2.75) is 71.6 Å². The highest BCUT2D eigenvalue weighted by Gasteiger charge is 2.27. The number of thiophene rings is 1. The summed E-state index contributed by atoms with van der Waals surface area (Å²) in [6, 6.07) is 12.2. The van der Waals surface area contributed by atoms with Gasteiger partial charge in [-0.2, -0.15) is 0 Å². The summed E-state index contributed by atoms with van der Waals surface area (Å²) in [6.07, 6.45) is 5.38. The van der Waals surface area contributed by atoms with Gasteiger partial charge in [-0.3, -0.25) is 0 Å². The first kappa shape index (κ1) is 28.1. The Morgan fingerprint density at radius 2 is 1.90 bits per heavy atom. The molecule has 0 aliphatic carbocycles. The number of aromatic nitrogens is 3. The van der Waals surface area contributed by atoms with Gasteiger partial charge in [-0.15, -0.1) is 11.3 Å². The zero-order valence-corrected chi connectivity index (χ0v) is 25.0. The van der Waals surface area contributed by atoms with Gasteiger partial charge in [0.2, 0.25) is 0 Å². The molecule has 8 nitrogen and oxygen atoms in total. The third kappa shape index (κ3) is 6.46. The Labute approximate surface area is 240 Å². The maximum atomic E-state index is 12.4. The molecule has 3 aromatic heterocycles. The van der Waals surface area contributed by atoms with Crippen LogP contribution < -0.4 is 9.47 Å². The highest BCUT2D eigenvalue weighted by atomic mass is 32.1. The molecular formula is C31H40N4O4S. The van der Waals surface area contributed by atoms with E-state index in [0.717, 1.165) is 48.7 Å². The van der Waals surface area contributed by atoms with Crippen molar-refractivity contribution in [3.05, 3.63) is 53.7 Å². The van der Waals surface area contributed by atoms with Crippen molar-refractivity contribution in [3.63, 3.8) is 0 Å². The van der Waals surface area contributed by atoms with E-state index in [1.165, 1.54) is 15.9 Å². The van der Waals surface area contributed by atoms with Crippen molar-refractivity contribution in [2.24, 2.45) is 7.05 Å². The van der Waals surface area contributed by atoms with Crippen molar-refractivity contribution in [2.75, 3.05) is 19.7 Å². The topological polar surface area (TPSA) is 70.8 Å². The predicted octanol–water partition coefficient (Wildman–Crippen LogP) is 6.91. The van der Waals surface area contributed by atoms with Gasteiger partial charge < -0.3 is 28.2 Å². The average Bonchev–Trinajstić information content (AvgIpc) is 3.61. The van der Waals surface area contributed by atoms with E-state index >= 15 is 0 Å². The summed E-state index contributed by atoms with van der Waals surface area (Å²) in [5.74, 6) is 2.54. The van der Waals surface area contributed by atoms with E-state index in [-0.39, 0.29) is 12.2 Å². The number of carbonyl (C=O) groups is 1. The van der Waals surface area contributed by atoms with Crippen LogP contribution in [0.5, 0.6) is 11.5 Å². The fraction of sp³-hybridized carbons (Fsp3) is 0.484. The summed E-state index contributed by atoms with van der Waals surface area (Å²) in [4.78, 5) is 18.9. The number of ether oxygens (including phenoxy) is 3. The minimum Gasteiger partial charge on any atom is -0.492 e. The van der Waals surface area contributed by atoms with Crippen LogP contribution in [0.2, 0.25) is 0 Å². The van der Waals surface area contributed by atoms with E-state index in [2.05, 4.69) is 40.6 Å². The number of fused-ring (bicyclic) bond motifs is 1. The number of hydrogen-bond acceptors (Lipinski definition) is 6. The molecule has 1 aromatic carbocycles. The van der Waals surface area contributed by atoms with Gasteiger partial charge in [0, 0.05) is 50.9 Å². The van der Waals surface area contributed by atoms with Gasteiger partial charge in [0.25, 0.3) is 0 Å². The molecule has 0 saturated carbocycles. The van der Waals surface area contributed by atoms with E-state index in [1.807, 2.05) is 51.2 Å². The van der Waals surface area contributed by atoms with Crippen LogP contribution in [0.3, 0.4) is 0 Å². The Morgan fingerprint density at radius 1 is 1.12 bits per heavy atom. The van der Waals surface area contributed by atoms with Crippen molar-refractivity contribution < 1.29 is 19.0 Å². The minimum absolute atomic E-state index is 0.0546. The lowest BCUT2D eigenvalue weighted by Crippen LogP contribution is -2.44. The number of hydrogen-bond donors (Lipinski definition) is 0. The number of nitrogens with zero attached hydrogens (tertiary/aromatic N) is 4. The van der Waals surface area contributed by atoms with Gasteiger partial charge >= 0.3 is 6.09 Å². The number of rotatable bonds is 9. The Balaban J connectivity index is 1.18. The molecule has 0 bridgehead atoms. The smallest absolute Gasteiger partial charge is 0.410 e. The van der Waals surface area contributed by atoms with Crippen molar-refractivity contribution in [1.82, 2.24) is 19.0 Å². The number of imidazole rings is 1. The molecule has 0 atom stereocenters. The summed E-state index contributed by atoms with van der Waals surface area (Å²) in [5.41, 5.74) is 3.09. The van der Waals surface area contributed by atoms with E-state index in [4.69, 9.17) is 19.2 Å². The summed E-state index contributed by atoms with van der Waals surface area (Å²) in [6.45, 7) is 10.3. The number of amides is 1. The highest BCUT2D eigenvalue weighted by Crippen LogP contribution is 2.31. The van der Waals surface area contributed by atoms with E-state index < -0.39 is 5.60 Å². The molecule has 1 amide bonds. The molecule has 214 valence electrons. The molecule has 1 saturated heterocycles. The maximum Gasteiger partial charge on any atom is 0.410 e. The van der Waals surface area contributed by atoms with Gasteiger partial charge in [0.1, 0.15) is 29.8 Å². The van der Waals surface area contributed by atoms with Crippen LogP contribution in [0, 0.1) is 0 Å². The Bertz CT molecular complexity index is 1440. The Hall–Kier alpha value is -3.46. The fourth-order valence-electron chi connectivity index (χ4n) is 5.15. The summed E-state index contributed by atoms with van der Waals surface area (Å²) >= 11 is 1.75. The molecule has 0 unspecified atom stereocenters. The van der Waals surface area contributed by atoms with E-state index in [0.29, 0.717) is 26.2 Å². The Kier molecular flexibility index (Phi) is 8.40. The van der Waals surface area contributed by atoms with Gasteiger partial charge in [-0.05, 0) is 56.8 Å². The first-order valence-electron chi connectivity index (χ1n) is 14.2. The number of likely N-dealkylation sites (tertiary alicyclic amines) is 1. The number of aryl methyl sites for hydroxylation is 2. The van der Waals surface area contributed by atoms with Gasteiger partial charge in [0.15, 0.2) is 5.82 Å². The zero-order valence-electron chi connectivity index (χ0n) is 24.2. The molecule has 1 fully saturated rings. The first-order valence-corrected chi connectivity index (χ1v) is 15.0. The lowest BCUT2D eigenvalue weighted by Gasteiger charge is -2.33. The fourth-order valence-corrected chi connectivity index (χ4v) is 6.00. The summed E-state index contributed by atoms with van der Waals surface area (Å²) in [7, 11) is 2.10. The quantitative estimate of drug-likeness (QED) is 0.221. The van der Waals surface area contributed by atoms with Crippen LogP contribution in [-0.2, 0) is 24.8 Å². The average molecular weight is 565 g/mol. The van der Waals surface area contributed by atoms with Gasteiger partial charge in [0.05, 0.1) is 22.5 Å². The molecule has 4 heterocycles. The third-order valence-electron chi connectivity index (χ3n) is 7.12. The van der Waals surface area contributed by atoms with Crippen molar-refractivity contribution in [3.8, 4) is 23.0 Å². The number of benzene rings is 1. The second-order valence-electron chi connectivity index (χ2n) is 11.3. The number of piperidine rings is 1. The first-order chi connectivity index (χ1) is 19.2. The van der Waals surface area contributed by atoms with E-state index in [1.54, 1.807) is 16.2 Å². The second kappa shape index (κ2) is 12.0. The molecular weight excluding hydrogens is 524 g/mol. The lowest BCUT2D eigenvalue weighted by atomic mass is 10.1. The standard InChI is InChI=1S/C31H40N4O4S/c1-6-8-22-21-32-29(27-20-28-26(33(27)5)13-18-40-28)35(22)16-17-37-24-9-7-10-25(19-24)38-23-11-14-34(15-12-23)30(36)39-31(2,3)4/h7,9-10,13,18-21,23H,6,8,11-12,14-17H2,1-5H3. The lowest BCUT2D eigenvalue weighted by molar-refractivity contribution is 0.0126. The molecule has 4 aromatic rings. The third-order valence-corrected chi connectivity index (χ3v) is 7.98. The molecule has 40 heavy (non-hydrogen) atoms. The second-order valence-corrected chi connectivity index (χ2v) is 12.3. The Morgan fingerprint density at radius 3 is 2.62 bits per heavy atom. The van der Waals surface area contributed by atoms with Crippen molar-refractivity contribution in [1.29, 1.82) is 0 Å². The van der Waals surface area contributed by atoms with Crippen LogP contribution >= 0.6 is 11.3 Å². The van der Waals surface area contributed by atoms with Crippen molar-refractivity contribution >= 4 is 27.6 Å². The van der Waals surface area contributed by atoms with E-state index in [9.17, 15) is 4.79 Å². The van der Waals surface area contributed by atoms with Crippen LogP contribution in [-0.4, -0.2) is 56.5 Å². The SMILES string of the molecule is CCCc1cnc(-c2cc3sccc3n2C)n1CCOc1cccc(OC2CCN(C(=O)OC(C)(C)C)CC2)c1. The van der Waals surface area contributed by atoms with Gasteiger partial charge in [-0.25, -0.2) is 9.78 Å². The summed E-state index contributed by atoms with van der Waals surface area (Å²) < 4.78 is 23.8. The van der Waals surface area contributed by atoms with Crippen LogP contribution in [0.1, 0.15) is 52.7 Å². The molecule has 9 heteroatoms. The van der Waals surface area contributed by atoms with Crippen LogP contribution in [0.25, 0.3) is 21.7 Å². The minimum atomic E-state index is -0.486. The molecule has 5 rings (SSSR count). The molecule has 1 aliphatic rings. The van der Waals surface area contributed by atoms with Crippen LogP contribution in [0.4, 0.5) is 4.79 Å². The summed E-state index contributed by atoms with van der Waals surface area (Å²) in [5, 5.41) is 2.13.